The van der Waals surface area contributed by atoms with Crippen LogP contribution in [0.4, 0.5) is 13.2 Å². The molecular formula is C22H21Cl2F3N2O2. The van der Waals surface area contributed by atoms with Crippen molar-refractivity contribution in [1.82, 2.24) is 9.88 Å². The van der Waals surface area contributed by atoms with Gasteiger partial charge in [-0.15, -0.1) is 0 Å². The van der Waals surface area contributed by atoms with E-state index in [0.29, 0.717) is 39.0 Å². The number of alkyl halides is 3. The number of rotatable bonds is 3. The second kappa shape index (κ2) is 10.0. The number of carbonyl (C=O) groups excluding carboxylic acids is 1. The van der Waals surface area contributed by atoms with Gasteiger partial charge in [-0.1, -0.05) is 29.3 Å². The Morgan fingerprint density at radius 3 is 2.42 bits per heavy atom. The number of halogens is 5. The minimum absolute atomic E-state index is 0.243. The maximum atomic E-state index is 12.8. The molecule has 0 radical (unpaired) electrons. The number of likely N-dealkylation sites (N-methyl/N-ethyl adjacent to an activating group) is 1. The van der Waals surface area contributed by atoms with E-state index in [1.807, 2.05) is 0 Å². The predicted octanol–water partition coefficient (Wildman–Crippen LogP) is 5.85. The molecule has 1 fully saturated rings. The Labute approximate surface area is 187 Å². The van der Waals surface area contributed by atoms with E-state index in [1.165, 1.54) is 12.1 Å². The molecule has 3 aromatic rings. The number of ether oxygens (including phenoxy) is 1. The maximum absolute atomic E-state index is 12.8. The summed E-state index contributed by atoms with van der Waals surface area (Å²) < 4.78 is 43.4. The Morgan fingerprint density at radius 2 is 1.84 bits per heavy atom. The largest absolute Gasteiger partial charge is 0.416 e. The second-order valence-corrected chi connectivity index (χ2v) is 8.02. The highest BCUT2D eigenvalue weighted by molar-refractivity contribution is 6.37. The summed E-state index contributed by atoms with van der Waals surface area (Å²) in [7, 11) is 2.11. The number of hydrogen-bond acceptors (Lipinski definition) is 3. The topological polar surface area (TPSA) is 45.3 Å². The standard InChI is InChI=1S/C17H10Cl2F3NO.C5H11NO/c18-14-4-2-10(8-24)16(19)13(14)7-12-5-9-1-3-11(17(20,21)22)6-15(9)23-12;1-6-2-4-7-5-3-6/h1-6,8,23H,7H2;2-5H2,1H3. The molecule has 0 amide bonds. The number of nitrogens with one attached hydrogen (secondary N) is 1. The van der Waals surface area contributed by atoms with E-state index in [1.54, 1.807) is 12.1 Å². The van der Waals surface area contributed by atoms with Gasteiger partial charge in [0.15, 0.2) is 6.29 Å². The average molecular weight is 473 g/mol. The lowest BCUT2D eigenvalue weighted by molar-refractivity contribution is -0.137. The van der Waals surface area contributed by atoms with Crippen molar-refractivity contribution in [3.63, 3.8) is 0 Å². The van der Waals surface area contributed by atoms with Crippen molar-refractivity contribution in [2.75, 3.05) is 33.4 Å². The third kappa shape index (κ3) is 6.01. The fraction of sp³-hybridized carbons (Fsp3) is 0.318. The second-order valence-electron chi connectivity index (χ2n) is 7.23. The van der Waals surface area contributed by atoms with Gasteiger partial charge in [-0.3, -0.25) is 4.79 Å². The Morgan fingerprint density at radius 1 is 1.13 bits per heavy atom. The lowest BCUT2D eigenvalue weighted by atomic mass is 10.1. The van der Waals surface area contributed by atoms with E-state index >= 15 is 0 Å². The van der Waals surface area contributed by atoms with Crippen LogP contribution in [0.5, 0.6) is 0 Å². The molecule has 1 aliphatic rings. The lowest BCUT2D eigenvalue weighted by Gasteiger charge is -2.21. The van der Waals surface area contributed by atoms with Crippen LogP contribution >= 0.6 is 23.2 Å². The molecule has 1 N–H and O–H groups in total. The normalized spacial score (nSPS) is 14.9. The van der Waals surface area contributed by atoms with Crippen LogP contribution in [0.15, 0.2) is 36.4 Å². The van der Waals surface area contributed by atoms with Gasteiger partial charge in [-0.05, 0) is 48.3 Å². The van der Waals surface area contributed by atoms with Gasteiger partial charge in [-0.2, -0.15) is 13.2 Å². The fourth-order valence-electron chi connectivity index (χ4n) is 3.17. The SMILES string of the molecule is CN1CCOCC1.O=Cc1ccc(Cl)c(Cc2cc3ccc(C(F)(F)F)cc3[nH]2)c1Cl. The first-order chi connectivity index (χ1) is 14.7. The minimum Gasteiger partial charge on any atom is -0.379 e. The monoisotopic (exact) mass is 472 g/mol. The molecule has 1 aliphatic heterocycles. The number of nitrogens with zero attached hydrogens (tertiary/aromatic N) is 1. The van der Waals surface area contributed by atoms with Crippen molar-refractivity contribution >= 4 is 40.4 Å². The fourth-order valence-corrected chi connectivity index (χ4v) is 3.72. The zero-order valence-corrected chi connectivity index (χ0v) is 18.2. The third-order valence-electron chi connectivity index (χ3n) is 4.95. The van der Waals surface area contributed by atoms with Crippen LogP contribution in [-0.2, 0) is 17.3 Å². The summed E-state index contributed by atoms with van der Waals surface area (Å²) in [6.07, 6.45) is -3.50. The van der Waals surface area contributed by atoms with Crippen molar-refractivity contribution < 1.29 is 22.7 Å². The molecule has 0 spiro atoms. The molecule has 1 saturated heterocycles. The Balaban J connectivity index is 0.000000330. The molecule has 0 unspecified atom stereocenters. The van der Waals surface area contributed by atoms with Crippen LogP contribution < -0.4 is 0 Å². The van der Waals surface area contributed by atoms with Crippen LogP contribution in [0, 0.1) is 0 Å². The van der Waals surface area contributed by atoms with Gasteiger partial charge < -0.3 is 14.6 Å². The highest BCUT2D eigenvalue weighted by Crippen LogP contribution is 2.33. The van der Waals surface area contributed by atoms with E-state index < -0.39 is 11.7 Å². The van der Waals surface area contributed by atoms with Gasteiger partial charge in [-0.25, -0.2) is 0 Å². The molecule has 4 nitrogen and oxygen atoms in total. The van der Waals surface area contributed by atoms with Crippen molar-refractivity contribution in [3.05, 3.63) is 68.8 Å². The number of hydrogen-bond donors (Lipinski definition) is 1. The molecular weight excluding hydrogens is 452 g/mol. The van der Waals surface area contributed by atoms with Crippen LogP contribution in [0.3, 0.4) is 0 Å². The summed E-state index contributed by atoms with van der Waals surface area (Å²) >= 11 is 12.3. The van der Waals surface area contributed by atoms with Crippen LogP contribution in [0.2, 0.25) is 10.0 Å². The lowest BCUT2D eigenvalue weighted by Crippen LogP contribution is -2.32. The maximum Gasteiger partial charge on any atom is 0.416 e. The van der Waals surface area contributed by atoms with E-state index in [9.17, 15) is 18.0 Å². The molecule has 1 aromatic heterocycles. The van der Waals surface area contributed by atoms with Crippen LogP contribution in [-0.4, -0.2) is 49.5 Å². The van der Waals surface area contributed by atoms with E-state index in [0.717, 1.165) is 38.4 Å². The zero-order chi connectivity index (χ0) is 22.6. The zero-order valence-electron chi connectivity index (χ0n) is 16.7. The first kappa shape index (κ1) is 23.6. The van der Waals surface area contributed by atoms with Crippen LogP contribution in [0.1, 0.15) is 27.2 Å². The molecule has 0 atom stereocenters. The van der Waals surface area contributed by atoms with Crippen molar-refractivity contribution in [2.45, 2.75) is 12.6 Å². The van der Waals surface area contributed by atoms with Gasteiger partial charge >= 0.3 is 6.18 Å². The highest BCUT2D eigenvalue weighted by Gasteiger charge is 2.30. The molecule has 0 aliphatic carbocycles. The number of morpholine rings is 1. The summed E-state index contributed by atoms with van der Waals surface area (Å²) in [6, 6.07) is 8.31. The number of H-pyrrole nitrogens is 1. The molecule has 0 bridgehead atoms. The van der Waals surface area contributed by atoms with E-state index in [4.69, 9.17) is 27.9 Å². The van der Waals surface area contributed by atoms with Gasteiger partial charge in [0.1, 0.15) is 0 Å². The van der Waals surface area contributed by atoms with Gasteiger partial charge in [0.25, 0.3) is 0 Å². The van der Waals surface area contributed by atoms with Gasteiger partial charge in [0.2, 0.25) is 0 Å². The Hall–Kier alpha value is -2.06. The number of aromatic amines is 1. The molecule has 2 heterocycles. The summed E-state index contributed by atoms with van der Waals surface area (Å²) in [5.74, 6) is 0. The van der Waals surface area contributed by atoms with Crippen molar-refractivity contribution in [3.8, 4) is 0 Å². The van der Waals surface area contributed by atoms with E-state index in [-0.39, 0.29) is 11.4 Å². The average Bonchev–Trinajstić information content (AvgIpc) is 3.13. The first-order valence-electron chi connectivity index (χ1n) is 9.56. The quantitative estimate of drug-likeness (QED) is 0.486. The Kier molecular flexibility index (Phi) is 7.64. The molecule has 0 saturated carbocycles. The van der Waals surface area contributed by atoms with Gasteiger partial charge in [0, 0.05) is 41.3 Å². The molecule has 4 rings (SSSR count). The summed E-state index contributed by atoms with van der Waals surface area (Å²) in [4.78, 5) is 16.2. The number of carbonyl (C=O) groups is 1. The third-order valence-corrected chi connectivity index (χ3v) is 5.75. The summed E-state index contributed by atoms with van der Waals surface area (Å²) in [5, 5.41) is 1.28. The number of aldehydes is 1. The smallest absolute Gasteiger partial charge is 0.379 e. The molecule has 166 valence electrons. The number of benzene rings is 2. The molecule has 31 heavy (non-hydrogen) atoms. The summed E-state index contributed by atoms with van der Waals surface area (Å²) in [5.41, 5.74) is 1.16. The van der Waals surface area contributed by atoms with Crippen molar-refractivity contribution in [2.24, 2.45) is 0 Å². The first-order valence-corrected chi connectivity index (χ1v) is 10.3. The van der Waals surface area contributed by atoms with E-state index in [2.05, 4.69) is 16.9 Å². The van der Waals surface area contributed by atoms with Crippen molar-refractivity contribution in [1.29, 1.82) is 0 Å². The Bertz CT molecular complexity index is 1060. The molecule has 9 heteroatoms. The highest BCUT2D eigenvalue weighted by atomic mass is 35.5. The summed E-state index contributed by atoms with van der Waals surface area (Å²) in [6.45, 7) is 4.02. The number of aromatic nitrogens is 1. The van der Waals surface area contributed by atoms with Gasteiger partial charge in [0.05, 0.1) is 23.8 Å². The molecule has 2 aromatic carbocycles. The van der Waals surface area contributed by atoms with Crippen LogP contribution in [0.25, 0.3) is 10.9 Å². The minimum atomic E-state index is -4.40. The number of fused-ring (bicyclic) bond motifs is 1. The predicted molar refractivity (Wildman–Crippen MR) is 116 cm³/mol.